The van der Waals surface area contributed by atoms with Gasteiger partial charge in [0.15, 0.2) is 0 Å². The Labute approximate surface area is 106 Å². The van der Waals surface area contributed by atoms with E-state index in [1.807, 2.05) is 0 Å². The minimum atomic E-state index is -0.270. The highest BCUT2D eigenvalue weighted by molar-refractivity contribution is 5.90. The van der Waals surface area contributed by atoms with Crippen molar-refractivity contribution < 1.29 is 4.79 Å². The zero-order valence-corrected chi connectivity index (χ0v) is 10.5. The average molecular weight is 253 g/mol. The third kappa shape index (κ3) is 3.41. The lowest BCUT2D eigenvalue weighted by atomic mass is 10.3. The molecule has 2 rings (SSSR count). The number of carbonyl (C=O) groups is 1. The van der Waals surface area contributed by atoms with Crippen molar-refractivity contribution >= 4 is 11.9 Å². The van der Waals surface area contributed by atoms with Crippen LogP contribution in [0.3, 0.4) is 0 Å². The van der Waals surface area contributed by atoms with Crippen LogP contribution in [0.1, 0.15) is 10.6 Å². The summed E-state index contributed by atoms with van der Waals surface area (Å²) in [6.45, 7) is 5.69. The quantitative estimate of drug-likeness (QED) is 0.595. The summed E-state index contributed by atoms with van der Waals surface area (Å²) in [7, 11) is 2.12. The number of hydrogen-bond donors (Lipinski definition) is 3. The number of hydrogen-bond acceptors (Lipinski definition) is 6. The van der Waals surface area contributed by atoms with Gasteiger partial charge in [0.2, 0.25) is 11.8 Å². The molecular weight excluding hydrogens is 234 g/mol. The van der Waals surface area contributed by atoms with Crippen molar-refractivity contribution in [3.63, 3.8) is 0 Å². The number of likely N-dealkylation sites (N-methyl/N-ethyl adjacent to an activating group) is 1. The Morgan fingerprint density at radius 3 is 2.78 bits per heavy atom. The molecule has 0 radical (unpaired) electrons. The molecule has 1 aromatic heterocycles. The van der Waals surface area contributed by atoms with Gasteiger partial charge in [-0.25, -0.2) is 0 Å². The molecule has 1 saturated heterocycles. The number of rotatable bonds is 4. The van der Waals surface area contributed by atoms with E-state index in [-0.39, 0.29) is 17.7 Å². The van der Waals surface area contributed by atoms with Crippen molar-refractivity contribution in [2.75, 3.05) is 52.0 Å². The first-order valence-electron chi connectivity index (χ1n) is 6.02. The highest BCUT2D eigenvalue weighted by Crippen LogP contribution is 1.98. The van der Waals surface area contributed by atoms with E-state index >= 15 is 0 Å². The number of nitrogens with one attached hydrogen (secondary N) is 2. The van der Waals surface area contributed by atoms with E-state index in [0.717, 1.165) is 32.7 Å². The lowest BCUT2D eigenvalue weighted by Gasteiger charge is -2.32. The zero-order valence-electron chi connectivity index (χ0n) is 10.5. The summed E-state index contributed by atoms with van der Waals surface area (Å²) in [5, 5.41) is 8.88. The van der Waals surface area contributed by atoms with Gasteiger partial charge in [-0.2, -0.15) is 4.98 Å². The largest absolute Gasteiger partial charge is 0.366 e. The van der Waals surface area contributed by atoms with Crippen LogP contribution in [0.25, 0.3) is 0 Å². The van der Waals surface area contributed by atoms with E-state index < -0.39 is 0 Å². The van der Waals surface area contributed by atoms with Crippen LogP contribution in [0.15, 0.2) is 0 Å². The topological polar surface area (TPSA) is 103 Å². The molecule has 8 nitrogen and oxygen atoms in total. The molecule has 0 aliphatic carbocycles. The lowest BCUT2D eigenvalue weighted by molar-refractivity contribution is 0.0931. The van der Waals surface area contributed by atoms with Crippen molar-refractivity contribution in [2.24, 2.45) is 0 Å². The molecule has 18 heavy (non-hydrogen) atoms. The summed E-state index contributed by atoms with van der Waals surface area (Å²) in [4.78, 5) is 20.0. The number of aromatic nitrogens is 3. The Kier molecular flexibility index (Phi) is 4.11. The summed E-state index contributed by atoms with van der Waals surface area (Å²) in [5.74, 6) is -0.0292. The molecule has 0 spiro atoms. The monoisotopic (exact) mass is 253 g/mol. The second-order valence-corrected chi connectivity index (χ2v) is 4.44. The van der Waals surface area contributed by atoms with E-state index in [2.05, 4.69) is 37.3 Å². The number of anilines is 1. The fourth-order valence-electron chi connectivity index (χ4n) is 1.86. The van der Waals surface area contributed by atoms with Crippen LogP contribution in [-0.2, 0) is 0 Å². The predicted octanol–water partition coefficient (Wildman–Crippen LogP) is -1.64. The molecule has 1 fully saturated rings. The summed E-state index contributed by atoms with van der Waals surface area (Å²) in [6, 6.07) is 0. The molecule has 0 aromatic carbocycles. The molecule has 1 aliphatic heterocycles. The Morgan fingerprint density at radius 1 is 1.44 bits per heavy atom. The van der Waals surface area contributed by atoms with Gasteiger partial charge in [-0.05, 0) is 7.05 Å². The molecule has 100 valence electrons. The fraction of sp³-hybridized carbons (Fsp3) is 0.700. The summed E-state index contributed by atoms with van der Waals surface area (Å²) >= 11 is 0. The van der Waals surface area contributed by atoms with Gasteiger partial charge in [0.1, 0.15) is 0 Å². The highest BCUT2D eigenvalue weighted by atomic mass is 16.2. The average Bonchev–Trinajstić information content (AvgIpc) is 2.78. The van der Waals surface area contributed by atoms with Gasteiger partial charge in [0.25, 0.3) is 5.91 Å². The number of nitrogens with zero attached hydrogens (tertiary/aromatic N) is 4. The van der Waals surface area contributed by atoms with E-state index in [0.29, 0.717) is 6.54 Å². The van der Waals surface area contributed by atoms with Crippen molar-refractivity contribution in [1.29, 1.82) is 0 Å². The predicted molar refractivity (Wildman–Crippen MR) is 67.1 cm³/mol. The van der Waals surface area contributed by atoms with Crippen molar-refractivity contribution in [3.8, 4) is 0 Å². The van der Waals surface area contributed by atoms with Gasteiger partial charge in [-0.1, -0.05) is 0 Å². The third-order valence-electron chi connectivity index (χ3n) is 3.03. The van der Waals surface area contributed by atoms with E-state index in [9.17, 15) is 4.79 Å². The van der Waals surface area contributed by atoms with Crippen LogP contribution < -0.4 is 11.1 Å². The molecule has 4 N–H and O–H groups in total. The fourth-order valence-corrected chi connectivity index (χ4v) is 1.86. The molecule has 0 unspecified atom stereocenters. The number of carbonyl (C=O) groups excluding carboxylic acids is 1. The first-order chi connectivity index (χ1) is 8.65. The first-order valence-corrected chi connectivity index (χ1v) is 6.02. The Bertz CT molecular complexity index is 397. The van der Waals surface area contributed by atoms with E-state index in [1.54, 1.807) is 0 Å². The van der Waals surface area contributed by atoms with Gasteiger partial charge >= 0.3 is 0 Å². The molecule has 1 aromatic rings. The SMILES string of the molecule is CN1CCN(CCNC(=O)c2nc(N)n[nH]2)CC1. The molecule has 8 heteroatoms. The lowest BCUT2D eigenvalue weighted by Crippen LogP contribution is -2.47. The maximum absolute atomic E-state index is 11.6. The maximum atomic E-state index is 11.6. The summed E-state index contributed by atoms with van der Waals surface area (Å²) in [5.41, 5.74) is 5.33. The minimum Gasteiger partial charge on any atom is -0.366 e. The zero-order chi connectivity index (χ0) is 13.0. The Morgan fingerprint density at radius 2 is 2.17 bits per heavy atom. The van der Waals surface area contributed by atoms with Gasteiger partial charge in [0.05, 0.1) is 0 Å². The molecule has 0 atom stereocenters. The number of H-pyrrole nitrogens is 1. The standard InChI is InChI=1S/C10H19N7O/c1-16-4-6-17(7-5-16)3-2-12-9(18)8-13-10(11)15-14-8/h2-7H2,1H3,(H,12,18)(H3,11,13,14,15). The minimum absolute atomic E-state index is 0.0826. The maximum Gasteiger partial charge on any atom is 0.288 e. The second kappa shape index (κ2) is 5.78. The molecule has 0 bridgehead atoms. The number of amides is 1. The van der Waals surface area contributed by atoms with Crippen LogP contribution in [-0.4, -0.2) is 77.2 Å². The first kappa shape index (κ1) is 12.8. The number of nitrogens with two attached hydrogens (primary N) is 1. The van der Waals surface area contributed by atoms with Crippen LogP contribution in [0.4, 0.5) is 5.95 Å². The third-order valence-corrected chi connectivity index (χ3v) is 3.03. The van der Waals surface area contributed by atoms with Crippen LogP contribution in [0, 0.1) is 0 Å². The van der Waals surface area contributed by atoms with E-state index in [1.165, 1.54) is 0 Å². The molecular formula is C10H19N7O. The van der Waals surface area contributed by atoms with Gasteiger partial charge in [-0.3, -0.25) is 14.8 Å². The van der Waals surface area contributed by atoms with Crippen molar-refractivity contribution in [1.82, 2.24) is 30.3 Å². The Hall–Kier alpha value is -1.67. The number of piperazine rings is 1. The van der Waals surface area contributed by atoms with Crippen molar-refractivity contribution in [3.05, 3.63) is 5.82 Å². The van der Waals surface area contributed by atoms with Gasteiger partial charge in [0, 0.05) is 39.3 Å². The van der Waals surface area contributed by atoms with Crippen LogP contribution in [0.5, 0.6) is 0 Å². The Balaban J connectivity index is 1.67. The molecule has 1 amide bonds. The smallest absolute Gasteiger partial charge is 0.288 e. The number of nitrogen functional groups attached to an aromatic ring is 1. The highest BCUT2D eigenvalue weighted by Gasteiger charge is 2.14. The molecule has 1 aliphatic rings. The molecule has 2 heterocycles. The normalized spacial score (nSPS) is 17.8. The van der Waals surface area contributed by atoms with Crippen LogP contribution >= 0.6 is 0 Å². The van der Waals surface area contributed by atoms with Gasteiger partial charge in [-0.15, -0.1) is 5.10 Å². The molecule has 0 saturated carbocycles. The van der Waals surface area contributed by atoms with Crippen LogP contribution in [0.2, 0.25) is 0 Å². The number of aromatic amines is 1. The summed E-state index contributed by atoms with van der Waals surface area (Å²) in [6.07, 6.45) is 0. The summed E-state index contributed by atoms with van der Waals surface area (Å²) < 4.78 is 0. The second-order valence-electron chi connectivity index (χ2n) is 4.44. The van der Waals surface area contributed by atoms with E-state index in [4.69, 9.17) is 5.73 Å². The van der Waals surface area contributed by atoms with Crippen molar-refractivity contribution in [2.45, 2.75) is 0 Å². The van der Waals surface area contributed by atoms with Gasteiger partial charge < -0.3 is 16.0 Å².